The molecule has 34 heavy (non-hydrogen) atoms. The summed E-state index contributed by atoms with van der Waals surface area (Å²) < 4.78 is 20.2. The minimum Gasteiger partial charge on any atom is -0.480 e. The van der Waals surface area contributed by atoms with Crippen molar-refractivity contribution in [3.8, 4) is 5.88 Å². The second-order valence-corrected chi connectivity index (χ2v) is 15.5. The van der Waals surface area contributed by atoms with Crippen LogP contribution >= 0.6 is 0 Å². The van der Waals surface area contributed by atoms with Gasteiger partial charge in [-0.15, -0.1) is 0 Å². The Hall–Kier alpha value is -2.76. The summed E-state index contributed by atoms with van der Waals surface area (Å²) in [4.78, 5) is 27.0. The van der Waals surface area contributed by atoms with Gasteiger partial charge in [0, 0.05) is 40.1 Å². The van der Waals surface area contributed by atoms with Crippen molar-refractivity contribution < 1.29 is 14.2 Å². The van der Waals surface area contributed by atoms with Crippen LogP contribution in [0, 0.1) is 6.92 Å². The van der Waals surface area contributed by atoms with Crippen LogP contribution in [0.4, 0.5) is 11.6 Å². The van der Waals surface area contributed by atoms with Gasteiger partial charge in [0.15, 0.2) is 5.65 Å². The first kappa shape index (κ1) is 24.4. The normalized spacial score (nSPS) is 15.1. The Morgan fingerprint density at radius 2 is 1.97 bits per heavy atom. The Labute approximate surface area is 200 Å². The smallest absolute Gasteiger partial charge is 0.332 e. The fraction of sp³-hybridized carbons (Fsp3) is 0.565. The van der Waals surface area contributed by atoms with E-state index in [1.54, 1.807) is 28.6 Å². The summed E-state index contributed by atoms with van der Waals surface area (Å²) in [5.74, 6) is 0.820. The molecule has 0 saturated carbocycles. The monoisotopic (exact) mass is 486 g/mol. The Morgan fingerprint density at radius 1 is 1.21 bits per heavy atom. The fourth-order valence-electron chi connectivity index (χ4n) is 3.98. The lowest BCUT2D eigenvalue weighted by molar-refractivity contribution is 0.0669. The molecule has 1 saturated heterocycles. The van der Waals surface area contributed by atoms with Crippen molar-refractivity contribution >= 4 is 30.9 Å². The van der Waals surface area contributed by atoms with Crippen LogP contribution < -0.4 is 15.7 Å². The Balaban J connectivity index is 1.69. The quantitative estimate of drug-likeness (QED) is 0.360. The number of imidazole rings is 1. The van der Waals surface area contributed by atoms with Crippen LogP contribution in [0.3, 0.4) is 0 Å². The van der Waals surface area contributed by atoms with Gasteiger partial charge in [0.1, 0.15) is 17.9 Å². The highest BCUT2D eigenvalue weighted by molar-refractivity contribution is 6.76. The highest BCUT2D eigenvalue weighted by Crippen LogP contribution is 2.27. The number of fused-ring (bicyclic) bond motifs is 1. The van der Waals surface area contributed by atoms with E-state index in [4.69, 9.17) is 19.2 Å². The molecule has 0 unspecified atom stereocenters. The maximum atomic E-state index is 13.5. The number of hydrogen-bond donors (Lipinski definition) is 1. The summed E-state index contributed by atoms with van der Waals surface area (Å²) in [5.41, 5.74) is 2.75. The van der Waals surface area contributed by atoms with Crippen LogP contribution in [0.5, 0.6) is 5.88 Å². The van der Waals surface area contributed by atoms with E-state index in [0.717, 1.165) is 24.4 Å². The van der Waals surface area contributed by atoms with Crippen molar-refractivity contribution in [2.24, 2.45) is 0 Å². The Kier molecular flexibility index (Phi) is 7.34. The number of nitrogens with zero attached hydrogens (tertiary/aromatic N) is 5. The third-order valence-electron chi connectivity index (χ3n) is 5.91. The molecule has 0 radical (unpaired) electrons. The highest BCUT2D eigenvalue weighted by Gasteiger charge is 2.25. The standard InChI is InChI=1S/C23H34N6O4Si/c1-16-12-18(21(31-2)24-13-16)26-22-25-14-19-20(27-22)29(17-6-8-32-9-7-17)23(30)28(19)15-33-10-11-34(3,4)5/h12-14,17H,6-11,15H2,1-5H3,(H,25,26,27). The van der Waals surface area contributed by atoms with Gasteiger partial charge in [-0.3, -0.25) is 9.13 Å². The minimum atomic E-state index is -1.22. The molecule has 3 aromatic heterocycles. The zero-order valence-corrected chi connectivity index (χ0v) is 21.6. The van der Waals surface area contributed by atoms with Gasteiger partial charge >= 0.3 is 5.69 Å². The van der Waals surface area contributed by atoms with E-state index in [9.17, 15) is 4.79 Å². The molecule has 0 spiro atoms. The second kappa shape index (κ2) is 10.2. The average molecular weight is 487 g/mol. The number of anilines is 2. The molecule has 0 bridgehead atoms. The van der Waals surface area contributed by atoms with Gasteiger partial charge < -0.3 is 19.5 Å². The molecule has 3 aromatic rings. The summed E-state index contributed by atoms with van der Waals surface area (Å²) in [6, 6.07) is 2.98. The van der Waals surface area contributed by atoms with Crippen LogP contribution in [0.2, 0.25) is 25.7 Å². The molecular weight excluding hydrogens is 452 g/mol. The van der Waals surface area contributed by atoms with E-state index in [1.807, 2.05) is 13.0 Å². The summed E-state index contributed by atoms with van der Waals surface area (Å²) >= 11 is 0. The van der Waals surface area contributed by atoms with Crippen LogP contribution in [0.25, 0.3) is 11.2 Å². The molecule has 184 valence electrons. The zero-order chi connectivity index (χ0) is 24.3. The van der Waals surface area contributed by atoms with Crippen molar-refractivity contribution in [3.05, 3.63) is 34.5 Å². The van der Waals surface area contributed by atoms with E-state index < -0.39 is 8.07 Å². The van der Waals surface area contributed by atoms with Crippen molar-refractivity contribution in [2.45, 2.75) is 58.2 Å². The van der Waals surface area contributed by atoms with Gasteiger partial charge in [0.05, 0.1) is 13.3 Å². The number of rotatable bonds is 9. The predicted molar refractivity (Wildman–Crippen MR) is 134 cm³/mol. The van der Waals surface area contributed by atoms with Crippen LogP contribution in [0.1, 0.15) is 24.4 Å². The number of hydrogen-bond acceptors (Lipinski definition) is 8. The maximum absolute atomic E-state index is 13.5. The van der Waals surface area contributed by atoms with E-state index >= 15 is 0 Å². The lowest BCUT2D eigenvalue weighted by atomic mass is 10.1. The van der Waals surface area contributed by atoms with E-state index in [0.29, 0.717) is 48.5 Å². The largest absolute Gasteiger partial charge is 0.480 e. The SMILES string of the molecule is COc1ncc(C)cc1Nc1ncc2c(n1)n(C1CCOCC1)c(=O)n2COCC[Si](C)(C)C. The molecule has 0 aromatic carbocycles. The molecule has 4 heterocycles. The van der Waals surface area contributed by atoms with Crippen molar-refractivity contribution in [3.63, 3.8) is 0 Å². The molecular formula is C23H34N6O4Si. The van der Waals surface area contributed by atoms with Crippen molar-refractivity contribution in [1.29, 1.82) is 0 Å². The van der Waals surface area contributed by atoms with Gasteiger partial charge in [-0.1, -0.05) is 19.6 Å². The summed E-state index contributed by atoms with van der Waals surface area (Å²) in [6.07, 6.45) is 4.94. The third-order valence-corrected chi connectivity index (χ3v) is 7.61. The first-order valence-corrected chi connectivity index (χ1v) is 15.4. The zero-order valence-electron chi connectivity index (χ0n) is 20.6. The topological polar surface area (TPSA) is 105 Å². The molecule has 0 aliphatic carbocycles. The Morgan fingerprint density at radius 3 is 2.68 bits per heavy atom. The molecule has 10 nitrogen and oxygen atoms in total. The fourth-order valence-corrected chi connectivity index (χ4v) is 4.74. The first-order chi connectivity index (χ1) is 16.3. The first-order valence-electron chi connectivity index (χ1n) is 11.7. The number of nitrogens with one attached hydrogen (secondary N) is 1. The average Bonchev–Trinajstić information content (AvgIpc) is 3.07. The van der Waals surface area contributed by atoms with Gasteiger partial charge in [-0.05, 0) is 37.4 Å². The molecule has 1 N–H and O–H groups in total. The van der Waals surface area contributed by atoms with Crippen molar-refractivity contribution in [2.75, 3.05) is 32.2 Å². The molecule has 1 aliphatic heterocycles. The Bertz CT molecular complexity index is 1200. The molecule has 4 rings (SSSR count). The van der Waals surface area contributed by atoms with E-state index in [-0.39, 0.29) is 18.5 Å². The number of aryl methyl sites for hydroxylation is 1. The summed E-state index contributed by atoms with van der Waals surface area (Å²) in [5, 5.41) is 3.20. The molecule has 1 fully saturated rings. The van der Waals surface area contributed by atoms with Gasteiger partial charge in [-0.2, -0.15) is 4.98 Å². The number of methoxy groups -OCH3 is 1. The number of aromatic nitrogens is 5. The lowest BCUT2D eigenvalue weighted by Gasteiger charge is -2.23. The van der Waals surface area contributed by atoms with Crippen LogP contribution in [-0.2, 0) is 16.2 Å². The summed E-state index contributed by atoms with van der Waals surface area (Å²) in [7, 11) is 0.347. The number of ether oxygens (including phenoxy) is 3. The number of pyridine rings is 1. The molecule has 0 amide bonds. The third kappa shape index (κ3) is 5.48. The van der Waals surface area contributed by atoms with E-state index in [1.165, 1.54) is 0 Å². The highest BCUT2D eigenvalue weighted by atomic mass is 28.3. The molecule has 0 atom stereocenters. The minimum absolute atomic E-state index is 0.0184. The molecule has 11 heteroatoms. The van der Waals surface area contributed by atoms with Crippen LogP contribution in [-0.4, -0.2) is 59.1 Å². The predicted octanol–water partition coefficient (Wildman–Crippen LogP) is 3.71. The van der Waals surface area contributed by atoms with Crippen molar-refractivity contribution in [1.82, 2.24) is 24.1 Å². The molecule has 1 aliphatic rings. The lowest BCUT2D eigenvalue weighted by Crippen LogP contribution is -2.31. The maximum Gasteiger partial charge on any atom is 0.332 e. The van der Waals surface area contributed by atoms with E-state index in [2.05, 4.69) is 34.9 Å². The second-order valence-electron chi connectivity index (χ2n) is 9.87. The van der Waals surface area contributed by atoms with Crippen LogP contribution in [0.15, 0.2) is 23.3 Å². The van der Waals surface area contributed by atoms with Gasteiger partial charge in [-0.25, -0.2) is 14.8 Å². The van der Waals surface area contributed by atoms with Gasteiger partial charge in [0.2, 0.25) is 11.8 Å². The van der Waals surface area contributed by atoms with Gasteiger partial charge in [0.25, 0.3) is 0 Å². The summed E-state index contributed by atoms with van der Waals surface area (Å²) in [6.45, 7) is 10.9.